The van der Waals surface area contributed by atoms with Gasteiger partial charge in [-0.05, 0) is 27.8 Å². The molecule has 0 aromatic carbocycles. The monoisotopic (exact) mass is 259 g/mol. The van der Waals surface area contributed by atoms with E-state index in [0.717, 1.165) is 29.4 Å². The van der Waals surface area contributed by atoms with Crippen molar-refractivity contribution in [2.45, 2.75) is 45.9 Å². The molecule has 98 valence electrons. The van der Waals surface area contributed by atoms with Gasteiger partial charge in [-0.3, -0.25) is 4.68 Å². The van der Waals surface area contributed by atoms with Gasteiger partial charge in [0.05, 0.1) is 22.5 Å². The minimum atomic E-state index is 0.136. The number of hydrogen-bond acceptors (Lipinski definition) is 3. The van der Waals surface area contributed by atoms with Crippen molar-refractivity contribution in [1.82, 2.24) is 15.1 Å². The molecule has 0 radical (unpaired) electrons. The number of methoxy groups -OCH3 is 1. The van der Waals surface area contributed by atoms with Crippen molar-refractivity contribution in [3.05, 3.63) is 16.4 Å². The molecule has 0 aliphatic heterocycles. The van der Waals surface area contributed by atoms with Crippen molar-refractivity contribution < 1.29 is 4.74 Å². The lowest BCUT2D eigenvalue weighted by molar-refractivity contribution is 0.0850. The molecule has 0 saturated carbocycles. The zero-order valence-corrected chi connectivity index (χ0v) is 12.0. The number of likely N-dealkylation sites (N-methyl/N-ethyl adjacent to an activating group) is 1. The first-order valence-corrected chi connectivity index (χ1v) is 6.34. The van der Waals surface area contributed by atoms with Crippen LogP contribution in [0.15, 0.2) is 0 Å². The summed E-state index contributed by atoms with van der Waals surface area (Å²) in [7, 11) is 3.66. The third-order valence-corrected chi connectivity index (χ3v) is 3.67. The molecule has 0 bridgehead atoms. The van der Waals surface area contributed by atoms with Crippen LogP contribution >= 0.6 is 11.6 Å². The van der Waals surface area contributed by atoms with Gasteiger partial charge in [0, 0.05) is 26.1 Å². The highest BCUT2D eigenvalue weighted by Crippen LogP contribution is 2.22. The van der Waals surface area contributed by atoms with E-state index in [1.165, 1.54) is 0 Å². The highest BCUT2D eigenvalue weighted by Gasteiger charge is 2.20. The van der Waals surface area contributed by atoms with E-state index in [0.29, 0.717) is 0 Å². The molecule has 1 heterocycles. The van der Waals surface area contributed by atoms with Gasteiger partial charge in [0.25, 0.3) is 0 Å². The summed E-state index contributed by atoms with van der Waals surface area (Å²) in [4.78, 5) is 0. The number of ether oxygens (including phenoxy) is 1. The zero-order chi connectivity index (χ0) is 13.0. The van der Waals surface area contributed by atoms with Crippen molar-refractivity contribution in [3.63, 3.8) is 0 Å². The van der Waals surface area contributed by atoms with Crippen molar-refractivity contribution in [2.24, 2.45) is 0 Å². The predicted octanol–water partition coefficient (Wildman–Crippen LogP) is 2.03. The van der Waals surface area contributed by atoms with Crippen LogP contribution in [0.2, 0.25) is 5.02 Å². The molecular weight excluding hydrogens is 238 g/mol. The molecule has 1 rings (SSSR count). The summed E-state index contributed by atoms with van der Waals surface area (Å²) in [6, 6.07) is 0.235. The Morgan fingerprint density at radius 2 is 2.18 bits per heavy atom. The Morgan fingerprint density at radius 3 is 2.65 bits per heavy atom. The summed E-state index contributed by atoms with van der Waals surface area (Å²) in [6.07, 6.45) is 0.954. The molecule has 2 unspecified atom stereocenters. The molecule has 1 aromatic rings. The molecule has 1 N–H and O–H groups in total. The molecule has 1 aromatic heterocycles. The van der Waals surface area contributed by atoms with Gasteiger partial charge in [-0.2, -0.15) is 5.10 Å². The van der Waals surface area contributed by atoms with Crippen LogP contribution in [0.1, 0.15) is 25.2 Å². The molecule has 0 fully saturated rings. The molecule has 0 aliphatic carbocycles. The molecular formula is C12H22ClN3O. The van der Waals surface area contributed by atoms with Crippen molar-refractivity contribution in [1.29, 1.82) is 0 Å². The largest absolute Gasteiger partial charge is 0.380 e. The third kappa shape index (κ3) is 3.21. The molecule has 2 atom stereocenters. The first-order chi connectivity index (χ1) is 8.04. The maximum absolute atomic E-state index is 6.29. The Balaban J connectivity index is 2.92. The average Bonchev–Trinajstić information content (AvgIpc) is 2.61. The van der Waals surface area contributed by atoms with E-state index in [9.17, 15) is 0 Å². The van der Waals surface area contributed by atoms with Crippen LogP contribution in [0.5, 0.6) is 0 Å². The van der Waals surface area contributed by atoms with E-state index in [2.05, 4.69) is 24.3 Å². The summed E-state index contributed by atoms with van der Waals surface area (Å²) in [5.41, 5.74) is 1.97. The van der Waals surface area contributed by atoms with Gasteiger partial charge in [-0.25, -0.2) is 0 Å². The van der Waals surface area contributed by atoms with Gasteiger partial charge in [-0.15, -0.1) is 0 Å². The van der Waals surface area contributed by atoms with Gasteiger partial charge >= 0.3 is 0 Å². The molecule has 0 spiro atoms. The van der Waals surface area contributed by atoms with Crippen LogP contribution in [-0.2, 0) is 17.7 Å². The fourth-order valence-electron chi connectivity index (χ4n) is 1.94. The fourth-order valence-corrected chi connectivity index (χ4v) is 2.15. The van der Waals surface area contributed by atoms with Gasteiger partial charge < -0.3 is 10.1 Å². The Labute approximate surface area is 108 Å². The summed E-state index contributed by atoms with van der Waals surface area (Å²) in [5.74, 6) is 0. The van der Waals surface area contributed by atoms with E-state index in [-0.39, 0.29) is 12.1 Å². The maximum Gasteiger partial charge on any atom is 0.0847 e. The second-order valence-corrected chi connectivity index (χ2v) is 4.58. The molecule has 0 amide bonds. The number of nitrogens with one attached hydrogen (secondary N) is 1. The topological polar surface area (TPSA) is 39.1 Å². The Hall–Kier alpha value is -0.580. The van der Waals surface area contributed by atoms with E-state index in [1.54, 1.807) is 7.11 Å². The van der Waals surface area contributed by atoms with E-state index in [1.807, 2.05) is 18.7 Å². The minimum absolute atomic E-state index is 0.136. The first-order valence-electron chi connectivity index (χ1n) is 5.96. The van der Waals surface area contributed by atoms with E-state index >= 15 is 0 Å². The average molecular weight is 260 g/mol. The van der Waals surface area contributed by atoms with Crippen LogP contribution < -0.4 is 5.32 Å². The number of halogens is 1. The van der Waals surface area contributed by atoms with Gasteiger partial charge in [-0.1, -0.05) is 11.6 Å². The van der Waals surface area contributed by atoms with Gasteiger partial charge in [0.1, 0.15) is 0 Å². The summed E-state index contributed by atoms with van der Waals surface area (Å²) in [6.45, 7) is 6.89. The standard InChI is InChI=1S/C12H22ClN3O/c1-6-16-11(12(13)8(2)15-16)7-10(14-4)9(3)17-5/h9-10,14H,6-7H2,1-5H3. The SMILES string of the molecule is CCn1nc(C)c(Cl)c1CC(NC)C(C)OC. The van der Waals surface area contributed by atoms with Crippen LogP contribution in [0, 0.1) is 6.92 Å². The van der Waals surface area contributed by atoms with Gasteiger partial charge in [0.2, 0.25) is 0 Å². The molecule has 0 aliphatic rings. The van der Waals surface area contributed by atoms with E-state index in [4.69, 9.17) is 16.3 Å². The Bertz CT molecular complexity index is 365. The lowest BCUT2D eigenvalue weighted by atomic mass is 10.1. The number of nitrogens with zero attached hydrogens (tertiary/aromatic N) is 2. The molecule has 5 heteroatoms. The lowest BCUT2D eigenvalue weighted by Crippen LogP contribution is -2.39. The van der Waals surface area contributed by atoms with Crippen LogP contribution in [0.4, 0.5) is 0 Å². The van der Waals surface area contributed by atoms with Crippen LogP contribution in [0.25, 0.3) is 0 Å². The number of aromatic nitrogens is 2. The highest BCUT2D eigenvalue weighted by atomic mass is 35.5. The van der Waals surface area contributed by atoms with Crippen LogP contribution in [0.3, 0.4) is 0 Å². The predicted molar refractivity (Wildman–Crippen MR) is 70.7 cm³/mol. The number of hydrogen-bond donors (Lipinski definition) is 1. The smallest absolute Gasteiger partial charge is 0.0847 e. The lowest BCUT2D eigenvalue weighted by Gasteiger charge is -2.22. The highest BCUT2D eigenvalue weighted by molar-refractivity contribution is 6.31. The molecule has 17 heavy (non-hydrogen) atoms. The third-order valence-electron chi connectivity index (χ3n) is 3.18. The zero-order valence-electron chi connectivity index (χ0n) is 11.2. The van der Waals surface area contributed by atoms with Crippen molar-refractivity contribution in [3.8, 4) is 0 Å². The second-order valence-electron chi connectivity index (χ2n) is 4.20. The molecule has 4 nitrogen and oxygen atoms in total. The van der Waals surface area contributed by atoms with Crippen molar-refractivity contribution >= 4 is 11.6 Å². The molecule has 0 saturated heterocycles. The summed E-state index contributed by atoms with van der Waals surface area (Å²) < 4.78 is 7.32. The van der Waals surface area contributed by atoms with Crippen molar-refractivity contribution in [2.75, 3.05) is 14.2 Å². The number of aryl methyl sites for hydroxylation is 2. The summed E-state index contributed by atoms with van der Waals surface area (Å²) >= 11 is 6.29. The summed E-state index contributed by atoms with van der Waals surface area (Å²) in [5, 5.41) is 8.46. The minimum Gasteiger partial charge on any atom is -0.380 e. The van der Waals surface area contributed by atoms with Crippen LogP contribution in [-0.4, -0.2) is 36.1 Å². The fraction of sp³-hybridized carbons (Fsp3) is 0.750. The maximum atomic E-state index is 6.29. The van der Waals surface area contributed by atoms with Gasteiger partial charge in [0.15, 0.2) is 0 Å². The quantitative estimate of drug-likeness (QED) is 0.850. The first kappa shape index (κ1) is 14.5. The Morgan fingerprint density at radius 1 is 1.53 bits per heavy atom. The second kappa shape index (κ2) is 6.38. The normalized spacial score (nSPS) is 14.9. The Kier molecular flexibility index (Phi) is 5.43. The van der Waals surface area contributed by atoms with E-state index < -0.39 is 0 Å². The number of rotatable bonds is 6.